The highest BCUT2D eigenvalue weighted by Crippen LogP contribution is 2.32. The first kappa shape index (κ1) is 12.3. The lowest BCUT2D eigenvalue weighted by Gasteiger charge is -2.20. The second-order valence-corrected chi connectivity index (χ2v) is 5.65. The van der Waals surface area contributed by atoms with E-state index in [1.807, 2.05) is 6.92 Å². The summed E-state index contributed by atoms with van der Waals surface area (Å²) in [5.41, 5.74) is 0.505. The van der Waals surface area contributed by atoms with Crippen molar-refractivity contribution in [2.45, 2.75) is 32.7 Å². The lowest BCUT2D eigenvalue weighted by atomic mass is 10.2. The predicted octanol–water partition coefficient (Wildman–Crippen LogP) is 2.12. The van der Waals surface area contributed by atoms with Crippen molar-refractivity contribution >= 4 is 17.2 Å². The van der Waals surface area contributed by atoms with E-state index in [-0.39, 0.29) is 11.9 Å². The van der Waals surface area contributed by atoms with Crippen LogP contribution < -0.4 is 0 Å². The van der Waals surface area contributed by atoms with Crippen LogP contribution in [0.25, 0.3) is 0 Å². The molecule has 0 radical (unpaired) electrons. The average molecular weight is 278 g/mol. The highest BCUT2D eigenvalue weighted by atomic mass is 32.1. The van der Waals surface area contributed by atoms with E-state index in [2.05, 4.69) is 15.1 Å². The summed E-state index contributed by atoms with van der Waals surface area (Å²) in [6, 6.07) is -0.115. The summed E-state index contributed by atoms with van der Waals surface area (Å²) in [5.74, 6) is 1.07. The zero-order valence-corrected chi connectivity index (χ0v) is 11.6. The van der Waals surface area contributed by atoms with Crippen LogP contribution in [0.5, 0.6) is 0 Å². The van der Waals surface area contributed by atoms with E-state index in [1.165, 1.54) is 11.3 Å². The minimum Gasteiger partial charge on any atom is -0.337 e. The Kier molecular flexibility index (Phi) is 3.06. The van der Waals surface area contributed by atoms with E-state index < -0.39 is 0 Å². The van der Waals surface area contributed by atoms with Crippen molar-refractivity contribution in [3.05, 3.63) is 27.8 Å². The molecule has 3 rings (SSSR count). The molecule has 7 heteroatoms. The largest absolute Gasteiger partial charge is 0.337 e. The zero-order valence-electron chi connectivity index (χ0n) is 10.8. The lowest BCUT2D eigenvalue weighted by molar-refractivity contribution is 0.0705. The molecule has 2 aromatic heterocycles. The molecule has 0 bridgehead atoms. The van der Waals surface area contributed by atoms with Gasteiger partial charge in [0.2, 0.25) is 5.89 Å². The number of carbonyl (C=O) groups is 1. The Labute approximate surface area is 114 Å². The average Bonchev–Trinajstić information content (AvgIpc) is 3.07. The van der Waals surface area contributed by atoms with Crippen LogP contribution in [0.1, 0.15) is 46.1 Å². The molecule has 3 heterocycles. The van der Waals surface area contributed by atoms with Crippen LogP contribution in [0.15, 0.2) is 9.90 Å². The van der Waals surface area contributed by atoms with Gasteiger partial charge in [-0.05, 0) is 26.7 Å². The molecule has 1 saturated heterocycles. The molecule has 0 saturated carbocycles. The molecule has 2 aromatic rings. The molecule has 1 aliphatic rings. The molecule has 1 atom stereocenters. The molecule has 19 heavy (non-hydrogen) atoms. The van der Waals surface area contributed by atoms with E-state index in [9.17, 15) is 4.79 Å². The Hall–Kier alpha value is -1.76. The van der Waals surface area contributed by atoms with Gasteiger partial charge in [0, 0.05) is 11.9 Å². The van der Waals surface area contributed by atoms with Crippen molar-refractivity contribution in [3.63, 3.8) is 0 Å². The normalized spacial score (nSPS) is 19.1. The standard InChI is InChI=1S/C12H14N4O2S/c1-7-13-11(18-15-7)10-4-3-5-16(10)12(17)9-6-19-8(2)14-9/h6,10H,3-5H2,1-2H3. The third-order valence-corrected chi connectivity index (χ3v) is 3.95. The van der Waals surface area contributed by atoms with E-state index in [0.717, 1.165) is 17.8 Å². The van der Waals surface area contributed by atoms with Gasteiger partial charge in [-0.15, -0.1) is 11.3 Å². The van der Waals surface area contributed by atoms with Crippen LogP contribution in [0, 0.1) is 13.8 Å². The van der Waals surface area contributed by atoms with Gasteiger partial charge >= 0.3 is 0 Å². The van der Waals surface area contributed by atoms with Crippen LogP contribution in [0.2, 0.25) is 0 Å². The van der Waals surface area contributed by atoms with Crippen LogP contribution in [-0.4, -0.2) is 32.5 Å². The van der Waals surface area contributed by atoms with Gasteiger partial charge < -0.3 is 9.42 Å². The van der Waals surface area contributed by atoms with Gasteiger partial charge in [-0.2, -0.15) is 4.98 Å². The number of hydrogen-bond donors (Lipinski definition) is 0. The van der Waals surface area contributed by atoms with Crippen molar-refractivity contribution in [2.75, 3.05) is 6.54 Å². The summed E-state index contributed by atoms with van der Waals surface area (Å²) in [4.78, 5) is 22.7. The lowest BCUT2D eigenvalue weighted by Crippen LogP contribution is -2.31. The maximum Gasteiger partial charge on any atom is 0.274 e. The first-order valence-corrected chi connectivity index (χ1v) is 7.06. The summed E-state index contributed by atoms with van der Waals surface area (Å²) in [6.45, 7) is 4.38. The molecule has 6 nitrogen and oxygen atoms in total. The number of aryl methyl sites for hydroxylation is 2. The quantitative estimate of drug-likeness (QED) is 0.841. The fourth-order valence-electron chi connectivity index (χ4n) is 2.32. The van der Waals surface area contributed by atoms with Crippen molar-refractivity contribution in [1.82, 2.24) is 20.0 Å². The molecular formula is C12H14N4O2S. The zero-order chi connectivity index (χ0) is 13.4. The van der Waals surface area contributed by atoms with Gasteiger partial charge in [0.05, 0.1) is 5.01 Å². The number of nitrogens with zero attached hydrogens (tertiary/aromatic N) is 4. The van der Waals surface area contributed by atoms with Crippen LogP contribution in [0.4, 0.5) is 0 Å². The van der Waals surface area contributed by atoms with Gasteiger partial charge in [-0.1, -0.05) is 5.16 Å². The van der Waals surface area contributed by atoms with Gasteiger partial charge in [0.1, 0.15) is 11.7 Å². The van der Waals surface area contributed by atoms with Crippen LogP contribution in [0.3, 0.4) is 0 Å². The Balaban J connectivity index is 1.85. The maximum atomic E-state index is 12.4. The number of carbonyl (C=O) groups excluding carboxylic acids is 1. The molecule has 1 fully saturated rings. The fraction of sp³-hybridized carbons (Fsp3) is 0.500. The Morgan fingerprint density at radius 1 is 1.47 bits per heavy atom. The van der Waals surface area contributed by atoms with Crippen molar-refractivity contribution in [2.24, 2.45) is 0 Å². The van der Waals surface area contributed by atoms with Crippen molar-refractivity contribution < 1.29 is 9.32 Å². The molecule has 0 aliphatic carbocycles. The van der Waals surface area contributed by atoms with E-state index in [4.69, 9.17) is 4.52 Å². The van der Waals surface area contributed by atoms with Gasteiger partial charge in [-0.25, -0.2) is 4.98 Å². The number of amides is 1. The molecular weight excluding hydrogens is 264 g/mol. The minimum absolute atomic E-state index is 0.0531. The summed E-state index contributed by atoms with van der Waals surface area (Å²) < 4.78 is 5.20. The van der Waals surface area contributed by atoms with Gasteiger partial charge in [0.15, 0.2) is 5.82 Å². The Morgan fingerprint density at radius 3 is 2.95 bits per heavy atom. The SMILES string of the molecule is Cc1noc(C2CCCN2C(=O)c2csc(C)n2)n1. The summed E-state index contributed by atoms with van der Waals surface area (Å²) in [7, 11) is 0. The van der Waals surface area contributed by atoms with Gasteiger partial charge in [0.25, 0.3) is 5.91 Å². The summed E-state index contributed by atoms with van der Waals surface area (Å²) in [6.07, 6.45) is 1.80. The smallest absolute Gasteiger partial charge is 0.274 e. The number of rotatable bonds is 2. The molecule has 0 aromatic carbocycles. The number of aromatic nitrogens is 3. The van der Waals surface area contributed by atoms with Crippen LogP contribution >= 0.6 is 11.3 Å². The van der Waals surface area contributed by atoms with E-state index >= 15 is 0 Å². The van der Waals surface area contributed by atoms with E-state index in [1.54, 1.807) is 17.2 Å². The molecule has 1 aliphatic heterocycles. The first-order chi connectivity index (χ1) is 9.15. The van der Waals surface area contributed by atoms with Crippen molar-refractivity contribution in [3.8, 4) is 0 Å². The molecule has 1 unspecified atom stereocenters. The first-order valence-electron chi connectivity index (χ1n) is 6.18. The fourth-order valence-corrected chi connectivity index (χ4v) is 2.91. The van der Waals surface area contributed by atoms with E-state index in [0.29, 0.717) is 24.0 Å². The highest BCUT2D eigenvalue weighted by molar-refractivity contribution is 7.09. The maximum absolute atomic E-state index is 12.4. The predicted molar refractivity (Wildman–Crippen MR) is 68.9 cm³/mol. The molecule has 0 spiro atoms. The number of hydrogen-bond acceptors (Lipinski definition) is 6. The third-order valence-electron chi connectivity index (χ3n) is 3.18. The Bertz CT molecular complexity index is 606. The second-order valence-electron chi connectivity index (χ2n) is 4.59. The molecule has 100 valence electrons. The number of thiazole rings is 1. The third kappa shape index (κ3) is 2.25. The highest BCUT2D eigenvalue weighted by Gasteiger charge is 2.35. The Morgan fingerprint density at radius 2 is 2.32 bits per heavy atom. The summed E-state index contributed by atoms with van der Waals surface area (Å²) >= 11 is 1.48. The number of likely N-dealkylation sites (tertiary alicyclic amines) is 1. The minimum atomic E-state index is -0.115. The van der Waals surface area contributed by atoms with Crippen molar-refractivity contribution in [1.29, 1.82) is 0 Å². The molecule has 1 amide bonds. The van der Waals surface area contributed by atoms with Gasteiger partial charge in [-0.3, -0.25) is 4.79 Å². The summed E-state index contributed by atoms with van der Waals surface area (Å²) in [5, 5.41) is 6.49. The molecule has 0 N–H and O–H groups in total. The van der Waals surface area contributed by atoms with Crippen LogP contribution in [-0.2, 0) is 0 Å². The monoisotopic (exact) mass is 278 g/mol. The second kappa shape index (κ2) is 4.73. The topological polar surface area (TPSA) is 72.1 Å².